The van der Waals surface area contributed by atoms with Gasteiger partial charge in [-0.25, -0.2) is 0 Å². The van der Waals surface area contributed by atoms with Crippen LogP contribution in [0.1, 0.15) is 50.5 Å². The molecule has 1 aliphatic heterocycles. The minimum atomic E-state index is -0.317. The minimum absolute atomic E-state index is 0.0320. The topological polar surface area (TPSA) is 66.5 Å². The summed E-state index contributed by atoms with van der Waals surface area (Å²) >= 11 is 0. The molecule has 1 saturated heterocycles. The average Bonchev–Trinajstić information content (AvgIpc) is 2.85. The van der Waals surface area contributed by atoms with Gasteiger partial charge in [0.1, 0.15) is 0 Å². The van der Waals surface area contributed by atoms with Gasteiger partial charge in [0.05, 0.1) is 5.69 Å². The van der Waals surface area contributed by atoms with Crippen LogP contribution in [-0.4, -0.2) is 17.7 Å². The number of carbonyl (C=O) groups excluding carboxylic acids is 3. The summed E-state index contributed by atoms with van der Waals surface area (Å²) in [7, 11) is 0. The van der Waals surface area contributed by atoms with Crippen LogP contribution in [0.25, 0.3) is 0 Å². The van der Waals surface area contributed by atoms with Crippen LogP contribution in [0, 0.1) is 11.8 Å². The van der Waals surface area contributed by atoms with E-state index in [-0.39, 0.29) is 35.0 Å². The van der Waals surface area contributed by atoms with Crippen molar-refractivity contribution in [3.8, 4) is 0 Å². The summed E-state index contributed by atoms with van der Waals surface area (Å²) in [6.45, 7) is 9.91. The second-order valence-electron chi connectivity index (χ2n) is 8.42. The molecule has 0 spiro atoms. The highest BCUT2D eigenvalue weighted by Gasteiger charge is 2.42. The molecule has 3 rings (SSSR count). The van der Waals surface area contributed by atoms with Gasteiger partial charge in [0, 0.05) is 23.1 Å². The van der Waals surface area contributed by atoms with E-state index in [9.17, 15) is 14.4 Å². The molecule has 2 atom stereocenters. The molecule has 0 aliphatic carbocycles. The van der Waals surface area contributed by atoms with Crippen molar-refractivity contribution in [2.24, 2.45) is 11.8 Å². The highest BCUT2D eigenvalue weighted by molar-refractivity contribution is 6.21. The largest absolute Gasteiger partial charge is 0.322 e. The third-order valence-corrected chi connectivity index (χ3v) is 5.37. The second kappa shape index (κ2) is 7.23. The number of anilines is 2. The Bertz CT molecular complexity index is 888. The van der Waals surface area contributed by atoms with Gasteiger partial charge in [-0.1, -0.05) is 46.8 Å². The second-order valence-corrected chi connectivity index (χ2v) is 8.42. The van der Waals surface area contributed by atoms with Gasteiger partial charge in [0.15, 0.2) is 0 Å². The number of amides is 3. The lowest BCUT2D eigenvalue weighted by Crippen LogP contribution is -2.30. The summed E-state index contributed by atoms with van der Waals surface area (Å²) in [5, 5.41) is 2.85. The molecule has 5 heteroatoms. The van der Waals surface area contributed by atoms with Crippen LogP contribution in [0.3, 0.4) is 0 Å². The molecule has 2 aromatic rings. The van der Waals surface area contributed by atoms with Crippen molar-refractivity contribution in [1.29, 1.82) is 0 Å². The van der Waals surface area contributed by atoms with Gasteiger partial charge >= 0.3 is 0 Å². The number of nitrogens with one attached hydrogen (secondary N) is 1. The molecular weight excluding hydrogens is 352 g/mol. The molecule has 0 aromatic heterocycles. The first-order valence-electron chi connectivity index (χ1n) is 9.49. The summed E-state index contributed by atoms with van der Waals surface area (Å²) in [6, 6.07) is 14.3. The number of nitrogens with zero attached hydrogens (tertiary/aromatic N) is 1. The molecule has 146 valence electrons. The van der Waals surface area contributed by atoms with E-state index in [1.807, 2.05) is 24.3 Å². The van der Waals surface area contributed by atoms with Crippen LogP contribution in [-0.2, 0) is 15.0 Å². The summed E-state index contributed by atoms with van der Waals surface area (Å²) in [4.78, 5) is 38.3. The molecule has 5 nitrogen and oxygen atoms in total. The zero-order valence-corrected chi connectivity index (χ0v) is 16.9. The third kappa shape index (κ3) is 3.70. The number of hydrogen-bond acceptors (Lipinski definition) is 3. The van der Waals surface area contributed by atoms with Gasteiger partial charge in [-0.2, -0.15) is 0 Å². The van der Waals surface area contributed by atoms with Gasteiger partial charge in [0.25, 0.3) is 5.91 Å². The summed E-state index contributed by atoms with van der Waals surface area (Å²) < 4.78 is 0. The molecule has 2 unspecified atom stereocenters. The molecule has 0 saturated carbocycles. The smallest absolute Gasteiger partial charge is 0.255 e. The van der Waals surface area contributed by atoms with E-state index >= 15 is 0 Å². The van der Waals surface area contributed by atoms with E-state index in [0.717, 1.165) is 5.56 Å². The number of imide groups is 1. The Hall–Kier alpha value is -2.95. The lowest BCUT2D eigenvalue weighted by atomic mass is 9.87. The van der Waals surface area contributed by atoms with Crippen LogP contribution in [0.15, 0.2) is 48.5 Å². The van der Waals surface area contributed by atoms with E-state index in [1.165, 1.54) is 4.90 Å². The van der Waals surface area contributed by atoms with Gasteiger partial charge in [-0.3, -0.25) is 19.3 Å². The fourth-order valence-electron chi connectivity index (χ4n) is 3.22. The maximum atomic E-state index is 12.5. The van der Waals surface area contributed by atoms with E-state index < -0.39 is 0 Å². The fourth-order valence-corrected chi connectivity index (χ4v) is 3.22. The Morgan fingerprint density at radius 2 is 1.36 bits per heavy atom. The van der Waals surface area contributed by atoms with Gasteiger partial charge < -0.3 is 5.32 Å². The summed E-state index contributed by atoms with van der Waals surface area (Å²) in [5.74, 6) is -1.21. The van der Waals surface area contributed by atoms with Crippen molar-refractivity contribution in [1.82, 2.24) is 0 Å². The van der Waals surface area contributed by atoms with Crippen LogP contribution < -0.4 is 10.2 Å². The molecule has 1 heterocycles. The number of benzene rings is 2. The normalized spacial score (nSPS) is 19.8. The highest BCUT2D eigenvalue weighted by atomic mass is 16.2. The zero-order valence-electron chi connectivity index (χ0n) is 16.9. The maximum absolute atomic E-state index is 12.5. The van der Waals surface area contributed by atoms with Crippen molar-refractivity contribution in [2.75, 3.05) is 10.2 Å². The van der Waals surface area contributed by atoms with Crippen molar-refractivity contribution in [3.63, 3.8) is 0 Å². The summed E-state index contributed by atoms with van der Waals surface area (Å²) in [6.07, 6.45) is 0. The maximum Gasteiger partial charge on any atom is 0.255 e. The fraction of sp³-hybridized carbons (Fsp3) is 0.348. The van der Waals surface area contributed by atoms with Gasteiger partial charge in [-0.05, 0) is 47.4 Å². The number of carbonyl (C=O) groups is 3. The SMILES string of the molecule is CC1C(=O)N(c2ccc(NC(=O)c3ccc(C(C)(C)C)cc3)cc2)C(=O)C1C. The molecule has 1 fully saturated rings. The van der Waals surface area contributed by atoms with Crippen LogP contribution in [0.2, 0.25) is 0 Å². The monoisotopic (exact) mass is 378 g/mol. The Balaban J connectivity index is 1.72. The molecular formula is C23H26N2O3. The predicted molar refractivity (Wildman–Crippen MR) is 110 cm³/mol. The number of rotatable bonds is 3. The predicted octanol–water partition coefficient (Wildman–Crippen LogP) is 4.38. The van der Waals surface area contributed by atoms with E-state index in [2.05, 4.69) is 26.1 Å². The van der Waals surface area contributed by atoms with Crippen LogP contribution in [0.5, 0.6) is 0 Å². The standard InChI is InChI=1S/C23H26N2O3/c1-14-15(2)22(28)25(21(14)27)19-12-10-18(11-13-19)24-20(26)16-6-8-17(9-7-16)23(3,4)5/h6-15H,1-5H3,(H,24,26). The first-order chi connectivity index (χ1) is 13.1. The Labute approximate surface area is 165 Å². The Kier molecular flexibility index (Phi) is 5.11. The molecule has 0 bridgehead atoms. The lowest BCUT2D eigenvalue weighted by molar-refractivity contribution is -0.122. The van der Waals surface area contributed by atoms with E-state index in [1.54, 1.807) is 38.1 Å². The van der Waals surface area contributed by atoms with Crippen LogP contribution >= 0.6 is 0 Å². The van der Waals surface area contributed by atoms with Crippen molar-refractivity contribution >= 4 is 29.1 Å². The number of hydrogen-bond donors (Lipinski definition) is 1. The van der Waals surface area contributed by atoms with Crippen molar-refractivity contribution in [3.05, 3.63) is 59.7 Å². The first-order valence-corrected chi connectivity index (χ1v) is 9.49. The molecule has 1 aliphatic rings. The third-order valence-electron chi connectivity index (χ3n) is 5.37. The van der Waals surface area contributed by atoms with Crippen LogP contribution in [0.4, 0.5) is 11.4 Å². The Morgan fingerprint density at radius 1 is 0.857 bits per heavy atom. The zero-order chi connectivity index (χ0) is 20.6. The van der Waals surface area contributed by atoms with E-state index in [4.69, 9.17) is 0 Å². The van der Waals surface area contributed by atoms with Gasteiger partial charge in [-0.15, -0.1) is 0 Å². The molecule has 0 radical (unpaired) electrons. The molecule has 28 heavy (non-hydrogen) atoms. The quantitative estimate of drug-likeness (QED) is 0.806. The Morgan fingerprint density at radius 3 is 1.82 bits per heavy atom. The average molecular weight is 378 g/mol. The molecule has 1 N–H and O–H groups in total. The molecule has 2 aromatic carbocycles. The minimum Gasteiger partial charge on any atom is -0.322 e. The van der Waals surface area contributed by atoms with Crippen molar-refractivity contribution in [2.45, 2.75) is 40.0 Å². The molecule has 3 amide bonds. The summed E-state index contributed by atoms with van der Waals surface area (Å²) in [5.41, 5.74) is 2.90. The first kappa shape index (κ1) is 19.8. The van der Waals surface area contributed by atoms with Crippen molar-refractivity contribution < 1.29 is 14.4 Å². The van der Waals surface area contributed by atoms with Gasteiger partial charge in [0.2, 0.25) is 11.8 Å². The highest BCUT2D eigenvalue weighted by Crippen LogP contribution is 2.31. The van der Waals surface area contributed by atoms with E-state index in [0.29, 0.717) is 16.9 Å². The lowest BCUT2D eigenvalue weighted by Gasteiger charge is -2.19.